The molecule has 0 aromatic heterocycles. The molecule has 1 fully saturated rings. The van der Waals surface area contributed by atoms with E-state index in [1.807, 2.05) is 24.3 Å². The number of anilines is 1. The molecule has 1 aromatic rings. The molecule has 0 unspecified atom stereocenters. The lowest BCUT2D eigenvalue weighted by Crippen LogP contribution is -2.39. The number of nitrogens with zero attached hydrogens (tertiary/aromatic N) is 1. The van der Waals surface area contributed by atoms with Crippen LogP contribution in [0.15, 0.2) is 24.3 Å². The van der Waals surface area contributed by atoms with Crippen LogP contribution in [0.3, 0.4) is 0 Å². The summed E-state index contributed by atoms with van der Waals surface area (Å²) < 4.78 is 5.77. The highest BCUT2D eigenvalue weighted by molar-refractivity contribution is 5.92. The Labute approximate surface area is 159 Å². The average Bonchev–Trinajstić information content (AvgIpc) is 2.66. The van der Waals surface area contributed by atoms with E-state index in [1.54, 1.807) is 0 Å². The molecule has 0 aliphatic heterocycles. The Bertz CT molecular complexity index is 509. The number of carbonyl (C=O) groups is 1. The second-order valence-corrected chi connectivity index (χ2v) is 7.54. The van der Waals surface area contributed by atoms with Crippen molar-refractivity contribution in [2.75, 3.05) is 25.5 Å². The topological polar surface area (TPSA) is 41.6 Å². The van der Waals surface area contributed by atoms with E-state index in [0.717, 1.165) is 24.5 Å². The number of rotatable bonds is 11. The predicted molar refractivity (Wildman–Crippen MR) is 109 cm³/mol. The van der Waals surface area contributed by atoms with Gasteiger partial charge in [-0.05, 0) is 50.6 Å². The largest absolute Gasteiger partial charge is 0.494 e. The maximum absolute atomic E-state index is 12.3. The molecule has 26 heavy (non-hydrogen) atoms. The van der Waals surface area contributed by atoms with Gasteiger partial charge in [0.1, 0.15) is 5.75 Å². The number of hydrogen-bond acceptors (Lipinski definition) is 3. The number of likely N-dealkylation sites (N-methyl/N-ethyl adjacent to an activating group) is 1. The van der Waals surface area contributed by atoms with Crippen LogP contribution < -0.4 is 10.1 Å². The fourth-order valence-corrected chi connectivity index (χ4v) is 3.61. The Morgan fingerprint density at radius 3 is 2.46 bits per heavy atom. The number of carbonyl (C=O) groups excluding carboxylic acids is 1. The summed E-state index contributed by atoms with van der Waals surface area (Å²) >= 11 is 0. The lowest BCUT2D eigenvalue weighted by molar-refractivity contribution is -0.117. The van der Waals surface area contributed by atoms with E-state index in [0.29, 0.717) is 12.6 Å². The van der Waals surface area contributed by atoms with E-state index < -0.39 is 0 Å². The highest BCUT2D eigenvalue weighted by Gasteiger charge is 2.19. The maximum Gasteiger partial charge on any atom is 0.238 e. The van der Waals surface area contributed by atoms with Crippen molar-refractivity contribution in [1.82, 2.24) is 4.90 Å². The molecule has 0 saturated heterocycles. The van der Waals surface area contributed by atoms with Gasteiger partial charge in [-0.15, -0.1) is 0 Å². The van der Waals surface area contributed by atoms with Crippen molar-refractivity contribution in [3.63, 3.8) is 0 Å². The highest BCUT2D eigenvalue weighted by atomic mass is 16.5. The Balaban J connectivity index is 1.66. The molecule has 4 heteroatoms. The van der Waals surface area contributed by atoms with E-state index in [2.05, 4.69) is 24.2 Å². The standard InChI is InChI=1S/C22H36N2O2/c1-3-4-5-6-10-17-26-21-15-13-19(14-16-21)23-22(25)18-24(2)20-11-8-7-9-12-20/h13-16,20H,3-12,17-18H2,1-2H3,(H,23,25). The summed E-state index contributed by atoms with van der Waals surface area (Å²) in [6.45, 7) is 3.45. The first-order valence-electron chi connectivity index (χ1n) is 10.4. The molecule has 0 heterocycles. The molecule has 0 bridgehead atoms. The van der Waals surface area contributed by atoms with E-state index in [9.17, 15) is 4.79 Å². The van der Waals surface area contributed by atoms with Gasteiger partial charge in [-0.25, -0.2) is 0 Å². The number of ether oxygens (including phenoxy) is 1. The van der Waals surface area contributed by atoms with Crippen LogP contribution in [0.5, 0.6) is 5.75 Å². The molecule has 0 atom stereocenters. The summed E-state index contributed by atoms with van der Waals surface area (Å²) in [6, 6.07) is 8.28. The Hall–Kier alpha value is -1.55. The third-order valence-electron chi connectivity index (χ3n) is 5.25. The van der Waals surface area contributed by atoms with Crippen LogP contribution in [0, 0.1) is 0 Å². The molecule has 4 nitrogen and oxygen atoms in total. The third-order valence-corrected chi connectivity index (χ3v) is 5.25. The molecule has 0 radical (unpaired) electrons. The first-order chi connectivity index (χ1) is 12.7. The fraction of sp³-hybridized carbons (Fsp3) is 0.682. The quantitative estimate of drug-likeness (QED) is 0.549. The van der Waals surface area contributed by atoms with Gasteiger partial charge >= 0.3 is 0 Å². The van der Waals surface area contributed by atoms with E-state index >= 15 is 0 Å². The summed E-state index contributed by atoms with van der Waals surface area (Å²) in [5, 5.41) is 2.99. The van der Waals surface area contributed by atoms with Gasteiger partial charge in [-0.1, -0.05) is 51.9 Å². The zero-order valence-corrected chi connectivity index (χ0v) is 16.6. The molecule has 1 aliphatic carbocycles. The first-order valence-corrected chi connectivity index (χ1v) is 10.4. The van der Waals surface area contributed by atoms with E-state index in [-0.39, 0.29) is 5.91 Å². The minimum Gasteiger partial charge on any atom is -0.494 e. The second-order valence-electron chi connectivity index (χ2n) is 7.54. The van der Waals surface area contributed by atoms with Crippen molar-refractivity contribution < 1.29 is 9.53 Å². The van der Waals surface area contributed by atoms with Gasteiger partial charge in [0.15, 0.2) is 0 Å². The number of hydrogen-bond donors (Lipinski definition) is 1. The normalized spacial score (nSPS) is 15.2. The Morgan fingerprint density at radius 1 is 1.08 bits per heavy atom. The van der Waals surface area contributed by atoms with Gasteiger partial charge in [0.05, 0.1) is 13.2 Å². The van der Waals surface area contributed by atoms with Crippen LogP contribution in [0.1, 0.15) is 71.1 Å². The molecule has 2 rings (SSSR count). The second kappa shape index (κ2) is 11.9. The summed E-state index contributed by atoms with van der Waals surface area (Å²) in [5.41, 5.74) is 0.835. The van der Waals surface area contributed by atoms with Crippen LogP contribution >= 0.6 is 0 Å². The zero-order valence-electron chi connectivity index (χ0n) is 16.6. The molecule has 1 aromatic carbocycles. The van der Waals surface area contributed by atoms with Crippen LogP contribution in [0.4, 0.5) is 5.69 Å². The summed E-state index contributed by atoms with van der Waals surface area (Å²) in [7, 11) is 2.06. The molecular weight excluding hydrogens is 324 g/mol. The maximum atomic E-state index is 12.3. The lowest BCUT2D eigenvalue weighted by atomic mass is 9.94. The third kappa shape index (κ3) is 7.77. The Morgan fingerprint density at radius 2 is 1.77 bits per heavy atom. The number of nitrogens with one attached hydrogen (secondary N) is 1. The Kier molecular flexibility index (Phi) is 9.54. The van der Waals surface area contributed by atoms with Crippen LogP contribution in [-0.2, 0) is 4.79 Å². The highest BCUT2D eigenvalue weighted by Crippen LogP contribution is 2.21. The van der Waals surface area contributed by atoms with Gasteiger partial charge in [-0.2, -0.15) is 0 Å². The molecule has 1 N–H and O–H groups in total. The molecule has 146 valence electrons. The van der Waals surface area contributed by atoms with Crippen molar-refractivity contribution in [2.24, 2.45) is 0 Å². The van der Waals surface area contributed by atoms with Gasteiger partial charge in [-0.3, -0.25) is 9.69 Å². The molecule has 1 aliphatic rings. The van der Waals surface area contributed by atoms with Crippen LogP contribution in [0.25, 0.3) is 0 Å². The summed E-state index contributed by atoms with van der Waals surface area (Å²) in [6.07, 6.45) is 12.6. The SMILES string of the molecule is CCCCCCCOc1ccc(NC(=O)CN(C)C2CCCCC2)cc1. The van der Waals surface area contributed by atoms with E-state index in [1.165, 1.54) is 57.8 Å². The van der Waals surface area contributed by atoms with Crippen LogP contribution in [-0.4, -0.2) is 37.0 Å². The summed E-state index contributed by atoms with van der Waals surface area (Å²) in [4.78, 5) is 14.5. The van der Waals surface area contributed by atoms with Crippen molar-refractivity contribution in [3.05, 3.63) is 24.3 Å². The number of amides is 1. The van der Waals surface area contributed by atoms with Crippen molar-refractivity contribution in [2.45, 2.75) is 77.2 Å². The number of benzene rings is 1. The van der Waals surface area contributed by atoms with Gasteiger partial charge in [0.2, 0.25) is 5.91 Å². The number of unbranched alkanes of at least 4 members (excludes halogenated alkanes) is 4. The minimum absolute atomic E-state index is 0.0580. The van der Waals surface area contributed by atoms with Gasteiger partial charge in [0.25, 0.3) is 0 Å². The zero-order chi connectivity index (χ0) is 18.6. The summed E-state index contributed by atoms with van der Waals surface area (Å²) in [5.74, 6) is 0.931. The molecule has 0 spiro atoms. The first kappa shape index (κ1) is 20.8. The van der Waals surface area contributed by atoms with Crippen molar-refractivity contribution in [3.8, 4) is 5.75 Å². The molecule has 1 saturated carbocycles. The molecular formula is C22H36N2O2. The minimum atomic E-state index is 0.0580. The van der Waals surface area contributed by atoms with E-state index in [4.69, 9.17) is 4.74 Å². The van der Waals surface area contributed by atoms with Gasteiger partial charge in [0, 0.05) is 11.7 Å². The molecule has 1 amide bonds. The lowest BCUT2D eigenvalue weighted by Gasteiger charge is -2.30. The monoisotopic (exact) mass is 360 g/mol. The average molecular weight is 361 g/mol. The van der Waals surface area contributed by atoms with Crippen molar-refractivity contribution in [1.29, 1.82) is 0 Å². The van der Waals surface area contributed by atoms with Crippen molar-refractivity contribution >= 4 is 11.6 Å². The van der Waals surface area contributed by atoms with Crippen LogP contribution in [0.2, 0.25) is 0 Å². The smallest absolute Gasteiger partial charge is 0.238 e. The predicted octanol–water partition coefficient (Wildman–Crippen LogP) is 5.24. The fourth-order valence-electron chi connectivity index (χ4n) is 3.61. The van der Waals surface area contributed by atoms with Gasteiger partial charge < -0.3 is 10.1 Å².